The molecule has 2 aromatic heterocycles. The number of benzene rings is 1. The van der Waals surface area contributed by atoms with E-state index in [9.17, 15) is 4.79 Å². The number of hydrogen-bond donors (Lipinski definition) is 2. The van der Waals surface area contributed by atoms with Gasteiger partial charge in [0.15, 0.2) is 5.43 Å². The summed E-state index contributed by atoms with van der Waals surface area (Å²) >= 11 is 0. The van der Waals surface area contributed by atoms with E-state index in [1.54, 1.807) is 19.5 Å². The molecule has 0 saturated heterocycles. The molecule has 0 aliphatic heterocycles. The molecule has 2 heterocycles. The Labute approximate surface area is 152 Å². The predicted octanol–water partition coefficient (Wildman–Crippen LogP) is 1.72. The molecule has 0 atom stereocenters. The Hall–Kier alpha value is -2.51. The highest BCUT2D eigenvalue weighted by molar-refractivity contribution is 5.82. The van der Waals surface area contributed by atoms with E-state index in [0.29, 0.717) is 13.2 Å². The van der Waals surface area contributed by atoms with Crippen molar-refractivity contribution in [3.8, 4) is 0 Å². The minimum absolute atomic E-state index is 0.0571. The first-order valence-electron chi connectivity index (χ1n) is 8.78. The van der Waals surface area contributed by atoms with Gasteiger partial charge in [0.05, 0.1) is 12.1 Å². The maximum Gasteiger partial charge on any atom is 0.189 e. The van der Waals surface area contributed by atoms with Crippen LogP contribution in [0, 0.1) is 13.8 Å². The second-order valence-electron chi connectivity index (χ2n) is 6.52. The van der Waals surface area contributed by atoms with Gasteiger partial charge in [0.2, 0.25) is 0 Å². The van der Waals surface area contributed by atoms with Gasteiger partial charge in [0.25, 0.3) is 0 Å². The van der Waals surface area contributed by atoms with Gasteiger partial charge in [0, 0.05) is 50.3 Å². The average Bonchev–Trinajstić information content (AvgIpc) is 3.05. The number of aromatic nitrogens is 4. The minimum Gasteiger partial charge on any atom is -0.383 e. The van der Waals surface area contributed by atoms with E-state index in [1.807, 2.05) is 24.5 Å². The summed E-state index contributed by atoms with van der Waals surface area (Å²) in [6, 6.07) is 5.70. The van der Waals surface area contributed by atoms with E-state index >= 15 is 0 Å². The largest absolute Gasteiger partial charge is 0.383 e. The van der Waals surface area contributed by atoms with Crippen LogP contribution in [0.4, 0.5) is 0 Å². The fourth-order valence-corrected chi connectivity index (χ4v) is 3.13. The van der Waals surface area contributed by atoms with E-state index in [2.05, 4.69) is 26.6 Å². The number of ether oxygens (including phenoxy) is 1. The zero-order valence-corrected chi connectivity index (χ0v) is 15.5. The van der Waals surface area contributed by atoms with Crippen molar-refractivity contribution in [3.05, 3.63) is 57.4 Å². The van der Waals surface area contributed by atoms with Gasteiger partial charge in [-0.25, -0.2) is 0 Å². The summed E-state index contributed by atoms with van der Waals surface area (Å²) in [5.74, 6) is 0.924. The molecule has 3 rings (SSSR count). The quantitative estimate of drug-likeness (QED) is 0.601. The number of pyridine rings is 1. The molecule has 7 nitrogen and oxygen atoms in total. The van der Waals surface area contributed by atoms with Crippen LogP contribution >= 0.6 is 0 Å². The highest BCUT2D eigenvalue weighted by atomic mass is 16.5. The molecule has 1 aromatic carbocycles. The number of nitrogens with zero attached hydrogens (tertiary/aromatic N) is 3. The average molecular weight is 355 g/mol. The van der Waals surface area contributed by atoms with Gasteiger partial charge in [0.1, 0.15) is 12.2 Å². The van der Waals surface area contributed by atoms with E-state index in [4.69, 9.17) is 4.74 Å². The zero-order valence-electron chi connectivity index (χ0n) is 15.5. The molecule has 2 N–H and O–H groups in total. The van der Waals surface area contributed by atoms with Crippen molar-refractivity contribution < 1.29 is 4.74 Å². The smallest absolute Gasteiger partial charge is 0.189 e. The molecule has 0 fully saturated rings. The lowest BCUT2D eigenvalue weighted by molar-refractivity contribution is 0.186. The molecule has 0 radical (unpaired) electrons. The third-order valence-electron chi connectivity index (χ3n) is 4.41. The normalized spacial score (nSPS) is 11.3. The van der Waals surface area contributed by atoms with Crippen molar-refractivity contribution in [1.82, 2.24) is 25.1 Å². The number of nitrogens with one attached hydrogen (secondary N) is 2. The molecular formula is C19H25N5O2. The Kier molecular flexibility index (Phi) is 5.80. The van der Waals surface area contributed by atoms with Crippen molar-refractivity contribution in [2.24, 2.45) is 0 Å². The van der Waals surface area contributed by atoms with Crippen molar-refractivity contribution in [2.45, 2.75) is 33.4 Å². The molecule has 0 aliphatic rings. The van der Waals surface area contributed by atoms with Crippen LogP contribution in [0.5, 0.6) is 0 Å². The minimum atomic E-state index is 0.0571. The third kappa shape index (κ3) is 4.17. The topological polar surface area (TPSA) is 84.8 Å². The second-order valence-corrected chi connectivity index (χ2v) is 6.52. The molecule has 0 aliphatic carbocycles. The van der Waals surface area contributed by atoms with Gasteiger partial charge < -0.3 is 19.6 Å². The molecule has 26 heavy (non-hydrogen) atoms. The van der Waals surface area contributed by atoms with E-state index < -0.39 is 0 Å². The Morgan fingerprint density at radius 3 is 2.92 bits per heavy atom. The first kappa shape index (κ1) is 18.3. The van der Waals surface area contributed by atoms with Crippen LogP contribution in [-0.4, -0.2) is 40.0 Å². The Balaban J connectivity index is 1.62. The molecule has 0 amide bonds. The number of methoxy groups -OCH3 is 1. The molecule has 0 spiro atoms. The van der Waals surface area contributed by atoms with Gasteiger partial charge in [-0.15, -0.1) is 10.2 Å². The van der Waals surface area contributed by atoms with E-state index in [0.717, 1.165) is 53.1 Å². The molecule has 0 saturated carbocycles. The van der Waals surface area contributed by atoms with Crippen molar-refractivity contribution >= 4 is 10.9 Å². The summed E-state index contributed by atoms with van der Waals surface area (Å²) in [6.45, 7) is 6.76. The summed E-state index contributed by atoms with van der Waals surface area (Å²) in [5, 5.41) is 12.2. The van der Waals surface area contributed by atoms with Crippen LogP contribution in [0.3, 0.4) is 0 Å². The SMILES string of the molecule is COCCn1cnnc1CCNCc1cc(=O)c2cc(C)cc(C)c2[nH]1. The van der Waals surface area contributed by atoms with Crippen LogP contribution in [0.15, 0.2) is 29.3 Å². The van der Waals surface area contributed by atoms with Crippen LogP contribution in [-0.2, 0) is 24.2 Å². The molecular weight excluding hydrogens is 330 g/mol. The van der Waals surface area contributed by atoms with Crippen molar-refractivity contribution in [3.63, 3.8) is 0 Å². The number of hydrogen-bond acceptors (Lipinski definition) is 5. The number of aromatic amines is 1. The molecule has 138 valence electrons. The predicted molar refractivity (Wildman–Crippen MR) is 101 cm³/mol. The number of aryl methyl sites for hydroxylation is 2. The third-order valence-corrected chi connectivity index (χ3v) is 4.41. The summed E-state index contributed by atoms with van der Waals surface area (Å²) in [6.07, 6.45) is 2.49. The van der Waals surface area contributed by atoms with E-state index in [-0.39, 0.29) is 5.43 Å². The van der Waals surface area contributed by atoms with Crippen LogP contribution in [0.2, 0.25) is 0 Å². The van der Waals surface area contributed by atoms with Crippen LogP contribution in [0.25, 0.3) is 10.9 Å². The molecule has 0 bridgehead atoms. The fraction of sp³-hybridized carbons (Fsp3) is 0.421. The van der Waals surface area contributed by atoms with Gasteiger partial charge in [-0.05, 0) is 31.0 Å². The van der Waals surface area contributed by atoms with E-state index in [1.165, 1.54) is 0 Å². The molecule has 0 unspecified atom stereocenters. The number of fused-ring (bicyclic) bond motifs is 1. The number of rotatable bonds is 8. The van der Waals surface area contributed by atoms with Crippen molar-refractivity contribution in [2.75, 3.05) is 20.3 Å². The molecule has 3 aromatic rings. The summed E-state index contributed by atoms with van der Waals surface area (Å²) < 4.78 is 7.09. The maximum absolute atomic E-state index is 12.4. The monoisotopic (exact) mass is 355 g/mol. The Morgan fingerprint density at radius 2 is 2.12 bits per heavy atom. The van der Waals surface area contributed by atoms with Gasteiger partial charge in [-0.1, -0.05) is 6.07 Å². The lowest BCUT2D eigenvalue weighted by atomic mass is 10.1. The lowest BCUT2D eigenvalue weighted by Crippen LogP contribution is -2.21. The summed E-state index contributed by atoms with van der Waals surface area (Å²) in [4.78, 5) is 15.8. The van der Waals surface area contributed by atoms with Crippen molar-refractivity contribution in [1.29, 1.82) is 0 Å². The van der Waals surface area contributed by atoms with Crippen LogP contribution < -0.4 is 10.7 Å². The first-order chi connectivity index (χ1) is 12.6. The Bertz CT molecular complexity index is 945. The first-order valence-corrected chi connectivity index (χ1v) is 8.78. The highest BCUT2D eigenvalue weighted by Crippen LogP contribution is 2.16. The van der Waals surface area contributed by atoms with Crippen LogP contribution in [0.1, 0.15) is 22.6 Å². The summed E-state index contributed by atoms with van der Waals surface area (Å²) in [7, 11) is 1.68. The second kappa shape index (κ2) is 8.25. The number of H-pyrrole nitrogens is 1. The zero-order chi connectivity index (χ0) is 18.5. The maximum atomic E-state index is 12.4. The van der Waals surface area contributed by atoms with Gasteiger partial charge in [-0.2, -0.15) is 0 Å². The lowest BCUT2D eigenvalue weighted by Gasteiger charge is -2.09. The van der Waals surface area contributed by atoms with Gasteiger partial charge in [-0.3, -0.25) is 4.79 Å². The highest BCUT2D eigenvalue weighted by Gasteiger charge is 2.07. The fourth-order valence-electron chi connectivity index (χ4n) is 3.13. The standard InChI is InChI=1S/C19H25N5O2/c1-13-8-14(2)19-16(9-13)17(25)10-15(22-19)11-20-5-4-18-23-21-12-24(18)6-7-26-3/h8-10,12,20H,4-7,11H2,1-3H3,(H,22,25). The Morgan fingerprint density at radius 1 is 1.27 bits per heavy atom. The summed E-state index contributed by atoms with van der Waals surface area (Å²) in [5.41, 5.74) is 4.05. The molecule has 7 heteroatoms. The van der Waals surface area contributed by atoms with Gasteiger partial charge >= 0.3 is 0 Å².